The van der Waals surface area contributed by atoms with Crippen molar-refractivity contribution in [1.29, 1.82) is 0 Å². The maximum absolute atomic E-state index is 12.6. The van der Waals surface area contributed by atoms with Gasteiger partial charge >= 0.3 is 0 Å². The zero-order valence-corrected chi connectivity index (χ0v) is 19.7. The number of benzene rings is 2. The molecule has 5 heteroatoms. The minimum absolute atomic E-state index is 0.0335. The van der Waals surface area contributed by atoms with Crippen molar-refractivity contribution in [3.8, 4) is 11.5 Å². The fraction of sp³-hybridized carbons (Fsp3) is 0.500. The third-order valence-electron chi connectivity index (χ3n) is 5.99. The molecule has 0 aliphatic carbocycles. The predicted octanol–water partition coefficient (Wildman–Crippen LogP) is 4.66. The lowest BCUT2D eigenvalue weighted by atomic mass is 9.87. The quantitative estimate of drug-likeness (QED) is 0.669. The Balaban J connectivity index is 1.95. The topological polar surface area (TPSA) is 50.8 Å². The largest absolute Gasteiger partial charge is 0.493 e. The fourth-order valence-corrected chi connectivity index (χ4v) is 4.48. The standard InChI is InChI=1S/C26H36N2O3/c1-17(2)13-25(29)27-19(4)26-22-15-24(31-6)23(30-5)14-21(22)11-12-28(26)16-20-9-7-18(3)8-10-20/h7-10,14-15,17,19,26H,11-13,16H2,1-6H3,(H,27,29)/t19-,26+/m1/s1. The van der Waals surface area contributed by atoms with Gasteiger partial charge in [0.25, 0.3) is 0 Å². The zero-order chi connectivity index (χ0) is 22.5. The summed E-state index contributed by atoms with van der Waals surface area (Å²) in [5, 5.41) is 3.26. The lowest BCUT2D eigenvalue weighted by molar-refractivity contribution is -0.122. The first kappa shape index (κ1) is 23.1. The summed E-state index contributed by atoms with van der Waals surface area (Å²) in [5.41, 5.74) is 5.00. The van der Waals surface area contributed by atoms with Crippen molar-refractivity contribution in [3.05, 3.63) is 58.7 Å². The first-order chi connectivity index (χ1) is 14.8. The van der Waals surface area contributed by atoms with Gasteiger partial charge in [-0.1, -0.05) is 43.7 Å². The van der Waals surface area contributed by atoms with Crippen LogP contribution in [0.5, 0.6) is 11.5 Å². The van der Waals surface area contributed by atoms with Gasteiger partial charge in [-0.05, 0) is 55.0 Å². The van der Waals surface area contributed by atoms with Crippen LogP contribution in [0.3, 0.4) is 0 Å². The molecule has 1 heterocycles. The van der Waals surface area contributed by atoms with Crippen molar-refractivity contribution in [2.45, 2.75) is 59.2 Å². The van der Waals surface area contributed by atoms with Crippen molar-refractivity contribution >= 4 is 5.91 Å². The zero-order valence-electron chi connectivity index (χ0n) is 19.7. The lowest BCUT2D eigenvalue weighted by Crippen LogP contribution is -2.47. The smallest absolute Gasteiger partial charge is 0.220 e. The van der Waals surface area contributed by atoms with Crippen LogP contribution >= 0.6 is 0 Å². The molecule has 1 amide bonds. The maximum Gasteiger partial charge on any atom is 0.220 e. The average molecular weight is 425 g/mol. The molecule has 0 saturated carbocycles. The molecule has 0 unspecified atom stereocenters. The lowest BCUT2D eigenvalue weighted by Gasteiger charge is -2.41. The Bertz CT molecular complexity index is 892. The summed E-state index contributed by atoms with van der Waals surface area (Å²) in [4.78, 5) is 15.0. The Kier molecular flexibility index (Phi) is 7.60. The van der Waals surface area contributed by atoms with Gasteiger partial charge in [0.2, 0.25) is 5.91 Å². The first-order valence-corrected chi connectivity index (χ1v) is 11.2. The second-order valence-corrected chi connectivity index (χ2v) is 9.01. The number of hydrogen-bond donors (Lipinski definition) is 1. The van der Waals surface area contributed by atoms with Gasteiger partial charge in [0.05, 0.1) is 20.3 Å². The van der Waals surface area contributed by atoms with Crippen molar-refractivity contribution in [1.82, 2.24) is 10.2 Å². The monoisotopic (exact) mass is 424 g/mol. The Labute approximate surface area is 186 Å². The summed E-state index contributed by atoms with van der Waals surface area (Å²) < 4.78 is 11.1. The van der Waals surface area contributed by atoms with Crippen LogP contribution in [0.4, 0.5) is 0 Å². The van der Waals surface area contributed by atoms with Crippen LogP contribution in [0.1, 0.15) is 55.5 Å². The summed E-state index contributed by atoms with van der Waals surface area (Å²) in [5.74, 6) is 1.91. The van der Waals surface area contributed by atoms with E-state index in [1.54, 1.807) is 14.2 Å². The van der Waals surface area contributed by atoms with Gasteiger partial charge in [-0.25, -0.2) is 0 Å². The minimum Gasteiger partial charge on any atom is -0.493 e. The fourth-order valence-electron chi connectivity index (χ4n) is 4.48. The van der Waals surface area contributed by atoms with E-state index in [1.807, 2.05) is 0 Å². The maximum atomic E-state index is 12.6. The highest BCUT2D eigenvalue weighted by molar-refractivity contribution is 5.76. The minimum atomic E-state index is -0.0335. The van der Waals surface area contributed by atoms with Crippen molar-refractivity contribution < 1.29 is 14.3 Å². The number of amides is 1. The number of fused-ring (bicyclic) bond motifs is 1. The molecule has 2 atom stereocenters. The van der Waals surface area contributed by atoms with E-state index in [2.05, 4.69) is 74.3 Å². The predicted molar refractivity (Wildman–Crippen MR) is 125 cm³/mol. The third-order valence-corrected chi connectivity index (χ3v) is 5.99. The highest BCUT2D eigenvalue weighted by Crippen LogP contribution is 2.40. The van der Waals surface area contributed by atoms with Crippen LogP contribution in [0, 0.1) is 12.8 Å². The van der Waals surface area contributed by atoms with Crippen LogP contribution in [-0.2, 0) is 17.8 Å². The molecule has 5 nitrogen and oxygen atoms in total. The van der Waals surface area contributed by atoms with Gasteiger partial charge in [-0.3, -0.25) is 9.69 Å². The molecule has 0 saturated heterocycles. The molecule has 31 heavy (non-hydrogen) atoms. The van der Waals surface area contributed by atoms with Gasteiger partial charge in [-0.2, -0.15) is 0 Å². The molecule has 0 radical (unpaired) electrons. The van der Waals surface area contributed by atoms with Crippen LogP contribution in [-0.4, -0.2) is 37.6 Å². The Morgan fingerprint density at radius 3 is 2.35 bits per heavy atom. The van der Waals surface area contributed by atoms with Gasteiger partial charge in [-0.15, -0.1) is 0 Å². The summed E-state index contributed by atoms with van der Waals surface area (Å²) in [6.45, 7) is 10.1. The summed E-state index contributed by atoms with van der Waals surface area (Å²) in [6, 6.07) is 12.9. The molecule has 3 rings (SSSR count). The van der Waals surface area contributed by atoms with Crippen LogP contribution in [0.25, 0.3) is 0 Å². The van der Waals surface area contributed by atoms with Gasteiger partial charge in [0.15, 0.2) is 11.5 Å². The molecule has 0 fully saturated rings. The number of ether oxygens (including phenoxy) is 2. The average Bonchev–Trinajstić information content (AvgIpc) is 2.73. The summed E-state index contributed by atoms with van der Waals surface area (Å²) in [7, 11) is 3.34. The highest BCUT2D eigenvalue weighted by Gasteiger charge is 2.33. The molecule has 1 aliphatic rings. The highest BCUT2D eigenvalue weighted by atomic mass is 16.5. The van der Waals surface area contributed by atoms with Crippen molar-refractivity contribution in [2.24, 2.45) is 5.92 Å². The molecular weight excluding hydrogens is 388 g/mol. The molecule has 1 aliphatic heterocycles. The van der Waals surface area contributed by atoms with Gasteiger partial charge in [0, 0.05) is 25.6 Å². The second kappa shape index (κ2) is 10.2. The van der Waals surface area contributed by atoms with E-state index < -0.39 is 0 Å². The number of nitrogens with zero attached hydrogens (tertiary/aromatic N) is 1. The van der Waals surface area contributed by atoms with E-state index in [4.69, 9.17) is 9.47 Å². The number of hydrogen-bond acceptors (Lipinski definition) is 4. The summed E-state index contributed by atoms with van der Waals surface area (Å²) >= 11 is 0. The van der Waals surface area contributed by atoms with E-state index in [9.17, 15) is 4.79 Å². The van der Waals surface area contributed by atoms with E-state index in [0.29, 0.717) is 12.3 Å². The van der Waals surface area contributed by atoms with Crippen molar-refractivity contribution in [3.63, 3.8) is 0 Å². The van der Waals surface area contributed by atoms with Crippen LogP contribution in [0.15, 0.2) is 36.4 Å². The Morgan fingerprint density at radius 1 is 1.10 bits per heavy atom. The van der Waals surface area contributed by atoms with Gasteiger partial charge in [0.1, 0.15) is 0 Å². The van der Waals surface area contributed by atoms with Crippen LogP contribution in [0.2, 0.25) is 0 Å². The number of rotatable bonds is 8. The Morgan fingerprint density at radius 2 is 1.74 bits per heavy atom. The molecule has 0 spiro atoms. The normalized spacial score (nSPS) is 17.2. The molecule has 2 aromatic rings. The molecule has 1 N–H and O–H groups in total. The SMILES string of the molecule is COc1cc2c(cc1OC)[C@H]([C@@H](C)NC(=O)CC(C)C)N(Cc1ccc(C)cc1)CC2. The van der Waals surface area contributed by atoms with Gasteiger partial charge < -0.3 is 14.8 Å². The molecular formula is C26H36N2O3. The third kappa shape index (κ3) is 5.59. The summed E-state index contributed by atoms with van der Waals surface area (Å²) in [6.07, 6.45) is 1.47. The number of carbonyl (C=O) groups excluding carboxylic acids is 1. The Hall–Kier alpha value is -2.53. The first-order valence-electron chi connectivity index (χ1n) is 11.2. The molecule has 0 bridgehead atoms. The van der Waals surface area contributed by atoms with E-state index in [-0.39, 0.29) is 18.0 Å². The van der Waals surface area contributed by atoms with Crippen molar-refractivity contribution in [2.75, 3.05) is 20.8 Å². The number of methoxy groups -OCH3 is 2. The number of aryl methyl sites for hydroxylation is 1. The molecule has 168 valence electrons. The number of carbonyl (C=O) groups is 1. The second-order valence-electron chi connectivity index (χ2n) is 9.01. The van der Waals surface area contributed by atoms with E-state index in [1.165, 1.54) is 22.3 Å². The van der Waals surface area contributed by atoms with E-state index in [0.717, 1.165) is 31.0 Å². The van der Waals surface area contributed by atoms with E-state index >= 15 is 0 Å². The molecule has 0 aromatic heterocycles. The molecule has 2 aromatic carbocycles. The number of nitrogens with one attached hydrogen (secondary N) is 1. The van der Waals surface area contributed by atoms with Crippen LogP contribution < -0.4 is 14.8 Å².